The number of nitrogens with zero attached hydrogens (tertiary/aromatic N) is 3. The highest BCUT2D eigenvalue weighted by molar-refractivity contribution is 6.08. The smallest absolute Gasteiger partial charge is 0.258 e. The van der Waals surface area contributed by atoms with E-state index in [0.29, 0.717) is 5.56 Å². The normalized spacial score (nSPS) is 13.1. The van der Waals surface area contributed by atoms with Crippen LogP contribution in [0.25, 0.3) is 16.7 Å². The number of carbonyl (C=O) groups is 1. The Morgan fingerprint density at radius 2 is 1.74 bits per heavy atom. The predicted molar refractivity (Wildman–Crippen MR) is 108 cm³/mol. The molecule has 1 aliphatic heterocycles. The van der Waals surface area contributed by atoms with Crippen LogP contribution in [0, 0.1) is 6.92 Å². The molecule has 5 rings (SSSR count). The van der Waals surface area contributed by atoms with Crippen molar-refractivity contribution >= 4 is 22.6 Å². The van der Waals surface area contributed by atoms with Crippen molar-refractivity contribution in [3.05, 3.63) is 89.7 Å². The van der Waals surface area contributed by atoms with Crippen LogP contribution in [0.5, 0.6) is 0 Å². The van der Waals surface area contributed by atoms with E-state index in [-0.39, 0.29) is 5.91 Å². The highest BCUT2D eigenvalue weighted by Crippen LogP contribution is 2.30. The number of aryl methyl sites for hydroxylation is 1. The highest BCUT2D eigenvalue weighted by Gasteiger charge is 2.25. The topological polar surface area (TPSA) is 38.1 Å². The fraction of sp³-hybridized carbons (Fsp3) is 0.130. The van der Waals surface area contributed by atoms with Crippen LogP contribution in [0.1, 0.15) is 21.7 Å². The van der Waals surface area contributed by atoms with Crippen LogP contribution in [0.3, 0.4) is 0 Å². The number of imidazole rings is 1. The van der Waals surface area contributed by atoms with E-state index in [2.05, 4.69) is 22.8 Å². The molecule has 0 saturated heterocycles. The van der Waals surface area contributed by atoms with Gasteiger partial charge in [0.15, 0.2) is 0 Å². The van der Waals surface area contributed by atoms with Crippen molar-refractivity contribution in [3.63, 3.8) is 0 Å². The first kappa shape index (κ1) is 15.8. The Labute approximate surface area is 157 Å². The van der Waals surface area contributed by atoms with Gasteiger partial charge in [0, 0.05) is 23.5 Å². The SMILES string of the molecule is Cc1nc2cc(C(=O)N3CCc4ccccc43)ccc2n1-c1ccccc1. The molecule has 1 aromatic heterocycles. The van der Waals surface area contributed by atoms with Crippen LogP contribution >= 0.6 is 0 Å². The summed E-state index contributed by atoms with van der Waals surface area (Å²) < 4.78 is 2.12. The van der Waals surface area contributed by atoms with Gasteiger partial charge in [-0.3, -0.25) is 9.36 Å². The second kappa shape index (κ2) is 6.09. The van der Waals surface area contributed by atoms with Gasteiger partial charge in [-0.15, -0.1) is 0 Å². The molecule has 0 fully saturated rings. The van der Waals surface area contributed by atoms with Crippen LogP contribution in [-0.2, 0) is 6.42 Å². The van der Waals surface area contributed by atoms with E-state index in [0.717, 1.165) is 41.2 Å². The van der Waals surface area contributed by atoms with Crippen LogP contribution in [0.15, 0.2) is 72.8 Å². The van der Waals surface area contributed by atoms with Crippen LogP contribution in [0.4, 0.5) is 5.69 Å². The van der Waals surface area contributed by atoms with Crippen LogP contribution in [0.2, 0.25) is 0 Å². The van der Waals surface area contributed by atoms with Gasteiger partial charge < -0.3 is 4.90 Å². The monoisotopic (exact) mass is 353 g/mol. The molecule has 2 heterocycles. The summed E-state index contributed by atoms with van der Waals surface area (Å²) in [6.45, 7) is 2.72. The molecule has 3 aromatic carbocycles. The molecule has 4 heteroatoms. The van der Waals surface area contributed by atoms with Crippen LogP contribution < -0.4 is 4.90 Å². The first-order valence-corrected chi connectivity index (χ1v) is 9.17. The quantitative estimate of drug-likeness (QED) is 0.531. The predicted octanol–water partition coefficient (Wildman–Crippen LogP) is 4.54. The lowest BCUT2D eigenvalue weighted by Gasteiger charge is -2.17. The van der Waals surface area contributed by atoms with Gasteiger partial charge in [-0.25, -0.2) is 4.98 Å². The minimum absolute atomic E-state index is 0.0359. The molecule has 0 radical (unpaired) electrons. The van der Waals surface area contributed by atoms with Crippen molar-refractivity contribution in [2.75, 3.05) is 11.4 Å². The molecule has 4 aromatic rings. The van der Waals surface area contributed by atoms with E-state index >= 15 is 0 Å². The Hall–Kier alpha value is -3.40. The van der Waals surface area contributed by atoms with E-state index in [1.807, 2.05) is 66.4 Å². The zero-order valence-corrected chi connectivity index (χ0v) is 15.1. The number of para-hydroxylation sites is 2. The maximum absolute atomic E-state index is 13.1. The molecular weight excluding hydrogens is 334 g/mol. The number of hydrogen-bond donors (Lipinski definition) is 0. The molecule has 0 bridgehead atoms. The first-order valence-electron chi connectivity index (χ1n) is 9.17. The summed E-state index contributed by atoms with van der Waals surface area (Å²) in [5, 5.41) is 0. The van der Waals surface area contributed by atoms with Gasteiger partial charge in [0.1, 0.15) is 5.82 Å². The highest BCUT2D eigenvalue weighted by atomic mass is 16.2. The van der Waals surface area contributed by atoms with Crippen molar-refractivity contribution in [3.8, 4) is 5.69 Å². The third-order valence-electron chi connectivity index (χ3n) is 5.22. The third kappa shape index (κ3) is 2.53. The molecule has 0 atom stereocenters. The Morgan fingerprint density at radius 1 is 0.963 bits per heavy atom. The number of rotatable bonds is 2. The Bertz CT molecular complexity index is 1160. The average Bonchev–Trinajstić information content (AvgIpc) is 3.27. The molecule has 1 aliphatic rings. The molecule has 27 heavy (non-hydrogen) atoms. The number of amides is 1. The minimum atomic E-state index is 0.0359. The maximum atomic E-state index is 13.1. The van der Waals surface area contributed by atoms with E-state index in [1.54, 1.807) is 0 Å². The van der Waals surface area contributed by atoms with E-state index < -0.39 is 0 Å². The Morgan fingerprint density at radius 3 is 2.59 bits per heavy atom. The standard InChI is InChI=1S/C23H19N3O/c1-16-24-20-15-18(11-12-22(20)26(16)19-8-3-2-4-9-19)23(27)25-14-13-17-7-5-6-10-21(17)25/h2-12,15H,13-14H2,1H3. The summed E-state index contributed by atoms with van der Waals surface area (Å²) in [6, 6.07) is 24.1. The summed E-state index contributed by atoms with van der Waals surface area (Å²) in [5.74, 6) is 0.945. The molecule has 1 amide bonds. The van der Waals surface area contributed by atoms with E-state index in [9.17, 15) is 4.79 Å². The zero-order chi connectivity index (χ0) is 18.4. The Balaban J connectivity index is 1.56. The number of aromatic nitrogens is 2. The summed E-state index contributed by atoms with van der Waals surface area (Å²) in [7, 11) is 0. The molecule has 0 N–H and O–H groups in total. The van der Waals surface area contributed by atoms with E-state index in [4.69, 9.17) is 4.98 Å². The molecular formula is C23H19N3O. The lowest BCUT2D eigenvalue weighted by atomic mass is 10.1. The van der Waals surface area contributed by atoms with Crippen molar-refractivity contribution in [2.45, 2.75) is 13.3 Å². The summed E-state index contributed by atoms with van der Waals surface area (Å²) in [6.07, 6.45) is 0.909. The zero-order valence-electron chi connectivity index (χ0n) is 15.1. The van der Waals surface area contributed by atoms with Crippen molar-refractivity contribution in [1.82, 2.24) is 9.55 Å². The molecule has 0 unspecified atom stereocenters. The molecule has 4 nitrogen and oxygen atoms in total. The van der Waals surface area contributed by atoms with Crippen molar-refractivity contribution in [1.29, 1.82) is 0 Å². The lowest BCUT2D eigenvalue weighted by molar-refractivity contribution is 0.0989. The van der Waals surface area contributed by atoms with Gasteiger partial charge in [-0.1, -0.05) is 36.4 Å². The fourth-order valence-electron chi connectivity index (χ4n) is 3.94. The number of benzene rings is 3. The van der Waals surface area contributed by atoms with Crippen LogP contribution in [-0.4, -0.2) is 22.0 Å². The fourth-order valence-corrected chi connectivity index (χ4v) is 3.94. The van der Waals surface area contributed by atoms with E-state index in [1.165, 1.54) is 5.56 Å². The lowest BCUT2D eigenvalue weighted by Crippen LogP contribution is -2.28. The number of fused-ring (bicyclic) bond motifs is 2. The van der Waals surface area contributed by atoms with Gasteiger partial charge in [0.2, 0.25) is 0 Å². The van der Waals surface area contributed by atoms with Gasteiger partial charge >= 0.3 is 0 Å². The van der Waals surface area contributed by atoms with Gasteiger partial charge in [-0.05, 0) is 55.3 Å². The van der Waals surface area contributed by atoms with Crippen molar-refractivity contribution in [2.24, 2.45) is 0 Å². The number of carbonyl (C=O) groups excluding carboxylic acids is 1. The summed E-state index contributed by atoms with van der Waals surface area (Å²) in [5.41, 5.74) is 5.86. The Kier molecular flexibility index (Phi) is 3.57. The van der Waals surface area contributed by atoms with Crippen molar-refractivity contribution < 1.29 is 4.79 Å². The first-order chi connectivity index (χ1) is 13.2. The summed E-state index contributed by atoms with van der Waals surface area (Å²) >= 11 is 0. The minimum Gasteiger partial charge on any atom is -0.308 e. The largest absolute Gasteiger partial charge is 0.308 e. The van der Waals surface area contributed by atoms with Gasteiger partial charge in [0.05, 0.1) is 11.0 Å². The second-order valence-electron chi connectivity index (χ2n) is 6.87. The molecule has 0 saturated carbocycles. The summed E-state index contributed by atoms with van der Waals surface area (Å²) in [4.78, 5) is 19.7. The third-order valence-corrected chi connectivity index (χ3v) is 5.22. The molecule has 0 aliphatic carbocycles. The number of anilines is 1. The maximum Gasteiger partial charge on any atom is 0.258 e. The van der Waals surface area contributed by atoms with Gasteiger partial charge in [-0.2, -0.15) is 0 Å². The second-order valence-corrected chi connectivity index (χ2v) is 6.87. The number of hydrogen-bond acceptors (Lipinski definition) is 2. The average molecular weight is 353 g/mol. The molecule has 0 spiro atoms. The molecule has 132 valence electrons. The van der Waals surface area contributed by atoms with Gasteiger partial charge in [0.25, 0.3) is 5.91 Å².